The number of hydrogen-bond acceptors (Lipinski definition) is 3. The minimum absolute atomic E-state index is 0.0995. The minimum Gasteiger partial charge on any atom is -0.351 e. The summed E-state index contributed by atoms with van der Waals surface area (Å²) in [6, 6.07) is 3.41. The lowest BCUT2D eigenvalue weighted by Gasteiger charge is -2.06. The summed E-state index contributed by atoms with van der Waals surface area (Å²) >= 11 is 0. The highest BCUT2D eigenvalue weighted by molar-refractivity contribution is 5.93. The predicted molar refractivity (Wildman–Crippen MR) is 80.7 cm³/mol. The molecule has 2 amide bonds. The highest BCUT2D eigenvalue weighted by Gasteiger charge is 2.11. The first-order chi connectivity index (χ1) is 10.3. The van der Waals surface area contributed by atoms with Crippen LogP contribution < -0.4 is 10.6 Å². The summed E-state index contributed by atoms with van der Waals surface area (Å²) in [6.45, 7) is 0.816. The van der Waals surface area contributed by atoms with Gasteiger partial charge in [-0.05, 0) is 37.0 Å². The van der Waals surface area contributed by atoms with Crippen molar-refractivity contribution in [2.45, 2.75) is 25.7 Å². The molecule has 112 valence electrons. The van der Waals surface area contributed by atoms with E-state index in [2.05, 4.69) is 15.6 Å². The number of hydrogen-bond donors (Lipinski definition) is 2. The number of allylic oxidation sites excluding steroid dienone is 1. The Kier molecular flexibility index (Phi) is 5.94. The lowest BCUT2D eigenvalue weighted by Crippen LogP contribution is -2.34. The van der Waals surface area contributed by atoms with Crippen LogP contribution in [-0.2, 0) is 4.79 Å². The van der Waals surface area contributed by atoms with Gasteiger partial charge in [0.2, 0.25) is 5.91 Å². The summed E-state index contributed by atoms with van der Waals surface area (Å²) in [7, 11) is 0. The van der Waals surface area contributed by atoms with Gasteiger partial charge in [0.1, 0.15) is 0 Å². The average Bonchev–Trinajstić information content (AvgIpc) is 3.03. The molecule has 2 rings (SSSR count). The number of rotatable bonds is 6. The van der Waals surface area contributed by atoms with Crippen molar-refractivity contribution in [3.05, 3.63) is 42.2 Å². The number of pyridine rings is 1. The summed E-state index contributed by atoms with van der Waals surface area (Å²) < 4.78 is 0. The molecular weight excluding hydrogens is 266 g/mol. The zero-order valence-corrected chi connectivity index (χ0v) is 12.0. The van der Waals surface area contributed by atoms with Gasteiger partial charge in [0.15, 0.2) is 0 Å². The third kappa shape index (κ3) is 5.38. The van der Waals surface area contributed by atoms with Crippen LogP contribution in [0.15, 0.2) is 36.7 Å². The number of carbonyl (C=O) groups is 2. The van der Waals surface area contributed by atoms with Crippen LogP contribution in [0.25, 0.3) is 0 Å². The fourth-order valence-electron chi connectivity index (χ4n) is 2.39. The van der Waals surface area contributed by atoms with Crippen LogP contribution in [0, 0.1) is 5.92 Å². The Bertz CT molecular complexity index is 494. The van der Waals surface area contributed by atoms with Crippen LogP contribution in [-0.4, -0.2) is 29.9 Å². The molecule has 1 heterocycles. The fraction of sp³-hybridized carbons (Fsp3) is 0.438. The Morgan fingerprint density at radius 2 is 2.00 bits per heavy atom. The molecule has 1 saturated carbocycles. The van der Waals surface area contributed by atoms with E-state index >= 15 is 0 Å². The van der Waals surface area contributed by atoms with Crippen LogP contribution in [0.5, 0.6) is 0 Å². The molecule has 2 N–H and O–H groups in total. The molecule has 0 atom stereocenters. The van der Waals surface area contributed by atoms with E-state index in [1.807, 2.05) is 6.08 Å². The van der Waals surface area contributed by atoms with Crippen molar-refractivity contribution in [3.63, 3.8) is 0 Å². The zero-order chi connectivity index (χ0) is 14.9. The van der Waals surface area contributed by atoms with Crippen molar-refractivity contribution >= 4 is 11.8 Å². The molecule has 1 aromatic rings. The molecule has 0 spiro atoms. The summed E-state index contributed by atoms with van der Waals surface area (Å²) in [5, 5.41) is 5.49. The van der Waals surface area contributed by atoms with Crippen molar-refractivity contribution in [2.75, 3.05) is 13.1 Å². The van der Waals surface area contributed by atoms with Crippen molar-refractivity contribution in [1.29, 1.82) is 0 Å². The van der Waals surface area contributed by atoms with Crippen LogP contribution in [0.1, 0.15) is 36.0 Å². The predicted octanol–water partition coefficient (Wildman–Crippen LogP) is 1.67. The highest BCUT2D eigenvalue weighted by Crippen LogP contribution is 2.25. The van der Waals surface area contributed by atoms with E-state index in [1.165, 1.54) is 31.9 Å². The number of amides is 2. The van der Waals surface area contributed by atoms with E-state index in [1.54, 1.807) is 24.4 Å². The number of aromatic nitrogens is 1. The minimum atomic E-state index is -0.182. The maximum absolute atomic E-state index is 11.7. The molecule has 0 radical (unpaired) electrons. The van der Waals surface area contributed by atoms with Crippen molar-refractivity contribution in [1.82, 2.24) is 15.6 Å². The van der Waals surface area contributed by atoms with E-state index < -0.39 is 0 Å². The van der Waals surface area contributed by atoms with E-state index in [9.17, 15) is 9.59 Å². The molecule has 0 saturated heterocycles. The first-order valence-electron chi connectivity index (χ1n) is 7.40. The summed E-state index contributed by atoms with van der Waals surface area (Å²) in [4.78, 5) is 27.2. The van der Waals surface area contributed by atoms with Gasteiger partial charge in [0, 0.05) is 25.5 Å². The highest BCUT2D eigenvalue weighted by atomic mass is 16.2. The fourth-order valence-corrected chi connectivity index (χ4v) is 2.39. The molecular formula is C16H21N3O2. The number of nitrogens with one attached hydrogen (secondary N) is 2. The Hall–Kier alpha value is -2.17. The monoisotopic (exact) mass is 287 g/mol. The first kappa shape index (κ1) is 15.2. The Labute approximate surface area is 124 Å². The molecule has 1 aromatic heterocycles. The standard InChI is InChI=1S/C16H21N3O2/c20-15(8-7-13-4-1-2-5-13)18-10-11-19-16(21)14-6-3-9-17-12-14/h3,6-9,12-13H,1-2,4-5,10-11H2,(H,18,20)(H,19,21)/b8-7+. The Morgan fingerprint density at radius 3 is 2.71 bits per heavy atom. The van der Waals surface area contributed by atoms with Gasteiger partial charge in [0.25, 0.3) is 5.91 Å². The van der Waals surface area contributed by atoms with E-state index in [-0.39, 0.29) is 11.8 Å². The van der Waals surface area contributed by atoms with Crippen LogP contribution in [0.4, 0.5) is 0 Å². The van der Waals surface area contributed by atoms with Gasteiger partial charge in [-0.3, -0.25) is 14.6 Å². The lowest BCUT2D eigenvalue weighted by atomic mass is 10.1. The second-order valence-corrected chi connectivity index (χ2v) is 5.19. The maximum Gasteiger partial charge on any atom is 0.252 e. The summed E-state index contributed by atoms with van der Waals surface area (Å²) in [5.74, 6) is 0.275. The first-order valence-corrected chi connectivity index (χ1v) is 7.40. The van der Waals surface area contributed by atoms with Gasteiger partial charge in [-0.25, -0.2) is 0 Å². The number of carbonyl (C=O) groups excluding carboxylic acids is 2. The van der Waals surface area contributed by atoms with Crippen molar-refractivity contribution in [2.24, 2.45) is 5.92 Å². The van der Waals surface area contributed by atoms with Gasteiger partial charge in [0.05, 0.1) is 5.56 Å². The lowest BCUT2D eigenvalue weighted by molar-refractivity contribution is -0.116. The molecule has 5 heteroatoms. The summed E-state index contributed by atoms with van der Waals surface area (Å²) in [5.41, 5.74) is 0.518. The quantitative estimate of drug-likeness (QED) is 0.617. The Morgan fingerprint density at radius 1 is 1.24 bits per heavy atom. The largest absolute Gasteiger partial charge is 0.351 e. The number of nitrogens with zero attached hydrogens (tertiary/aromatic N) is 1. The average molecular weight is 287 g/mol. The van der Waals surface area contributed by atoms with Crippen LogP contribution in [0.3, 0.4) is 0 Å². The van der Waals surface area contributed by atoms with Gasteiger partial charge in [-0.1, -0.05) is 18.9 Å². The van der Waals surface area contributed by atoms with E-state index in [4.69, 9.17) is 0 Å². The molecule has 1 aliphatic carbocycles. The van der Waals surface area contributed by atoms with Gasteiger partial charge >= 0.3 is 0 Å². The third-order valence-electron chi connectivity index (χ3n) is 3.55. The van der Waals surface area contributed by atoms with Crippen LogP contribution >= 0.6 is 0 Å². The summed E-state index contributed by atoms with van der Waals surface area (Å²) in [6.07, 6.45) is 11.6. The van der Waals surface area contributed by atoms with Crippen LogP contribution in [0.2, 0.25) is 0 Å². The Balaban J connectivity index is 1.61. The molecule has 0 bridgehead atoms. The molecule has 5 nitrogen and oxygen atoms in total. The second-order valence-electron chi connectivity index (χ2n) is 5.19. The molecule has 1 fully saturated rings. The topological polar surface area (TPSA) is 71.1 Å². The smallest absolute Gasteiger partial charge is 0.252 e. The third-order valence-corrected chi connectivity index (χ3v) is 3.55. The molecule has 0 aliphatic heterocycles. The molecule has 21 heavy (non-hydrogen) atoms. The molecule has 0 aromatic carbocycles. The second kappa shape index (κ2) is 8.19. The maximum atomic E-state index is 11.7. The SMILES string of the molecule is O=C(/C=C/C1CCCC1)NCCNC(=O)c1cccnc1. The van der Waals surface area contributed by atoms with Gasteiger partial charge in [-0.2, -0.15) is 0 Å². The van der Waals surface area contributed by atoms with Crippen molar-refractivity contribution < 1.29 is 9.59 Å². The molecule has 1 aliphatic rings. The van der Waals surface area contributed by atoms with Gasteiger partial charge < -0.3 is 10.6 Å². The normalized spacial score (nSPS) is 15.2. The zero-order valence-electron chi connectivity index (χ0n) is 12.0. The van der Waals surface area contributed by atoms with Crippen molar-refractivity contribution in [3.8, 4) is 0 Å². The van der Waals surface area contributed by atoms with Gasteiger partial charge in [-0.15, -0.1) is 0 Å². The molecule has 0 unspecified atom stereocenters. The van der Waals surface area contributed by atoms with E-state index in [0.717, 1.165) is 0 Å². The van der Waals surface area contributed by atoms with E-state index in [0.29, 0.717) is 24.6 Å².